The van der Waals surface area contributed by atoms with Crippen LogP contribution in [-0.2, 0) is 0 Å². The molecule has 1 aromatic carbocycles. The molecule has 0 radical (unpaired) electrons. The monoisotopic (exact) mass is 328 g/mol. The zero-order valence-electron chi connectivity index (χ0n) is 14.6. The first-order chi connectivity index (χ1) is 11.5. The van der Waals surface area contributed by atoms with Crippen molar-refractivity contribution in [3.8, 4) is 5.75 Å². The fraction of sp³-hybridized carbons (Fsp3) is 0.389. The summed E-state index contributed by atoms with van der Waals surface area (Å²) < 4.78 is 5.58. The van der Waals surface area contributed by atoms with Crippen LogP contribution >= 0.6 is 0 Å². The molecular weight excluding hydrogens is 304 g/mol. The van der Waals surface area contributed by atoms with Crippen LogP contribution < -0.4 is 15.0 Å². The summed E-state index contributed by atoms with van der Waals surface area (Å²) in [7, 11) is 0. The SMILES string of the molecule is CCN(CC)c1cnc(C(=O)Nc2ccc(OC(C)C)cc2)cn1. The number of carbonyl (C=O) groups excluding carboxylic acids is 1. The van der Waals surface area contributed by atoms with Gasteiger partial charge in [-0.15, -0.1) is 0 Å². The lowest BCUT2D eigenvalue weighted by atomic mass is 10.3. The van der Waals surface area contributed by atoms with E-state index in [1.807, 2.05) is 26.0 Å². The number of nitrogens with zero attached hydrogens (tertiary/aromatic N) is 3. The van der Waals surface area contributed by atoms with E-state index < -0.39 is 0 Å². The number of anilines is 2. The van der Waals surface area contributed by atoms with E-state index in [1.54, 1.807) is 18.3 Å². The van der Waals surface area contributed by atoms with Crippen LogP contribution in [0.3, 0.4) is 0 Å². The molecule has 0 fully saturated rings. The van der Waals surface area contributed by atoms with Gasteiger partial charge in [-0.3, -0.25) is 4.79 Å². The first kappa shape index (κ1) is 17.7. The average Bonchev–Trinajstić information content (AvgIpc) is 2.58. The molecule has 0 aliphatic rings. The quantitative estimate of drug-likeness (QED) is 0.844. The van der Waals surface area contributed by atoms with Crippen LogP contribution in [-0.4, -0.2) is 35.1 Å². The number of hydrogen-bond donors (Lipinski definition) is 1. The van der Waals surface area contributed by atoms with Crippen LogP contribution in [0.4, 0.5) is 11.5 Å². The molecule has 0 saturated heterocycles. The Balaban J connectivity index is 2.01. The maximum Gasteiger partial charge on any atom is 0.275 e. The van der Waals surface area contributed by atoms with Gasteiger partial charge in [-0.1, -0.05) is 0 Å². The van der Waals surface area contributed by atoms with E-state index in [0.717, 1.165) is 24.7 Å². The molecule has 0 aliphatic carbocycles. The fourth-order valence-corrected chi connectivity index (χ4v) is 2.23. The van der Waals surface area contributed by atoms with Crippen molar-refractivity contribution >= 4 is 17.4 Å². The third-order valence-electron chi connectivity index (χ3n) is 3.44. The Labute approximate surface area is 142 Å². The number of carbonyl (C=O) groups is 1. The van der Waals surface area contributed by atoms with Crippen molar-refractivity contribution in [2.45, 2.75) is 33.8 Å². The molecule has 24 heavy (non-hydrogen) atoms. The number of aromatic nitrogens is 2. The second-order valence-electron chi connectivity index (χ2n) is 5.58. The Bertz CT molecular complexity index is 650. The van der Waals surface area contributed by atoms with Crippen LogP contribution in [0.25, 0.3) is 0 Å². The summed E-state index contributed by atoms with van der Waals surface area (Å²) in [5.74, 6) is 1.25. The Kier molecular flexibility index (Phi) is 6.12. The van der Waals surface area contributed by atoms with Gasteiger partial charge in [0.05, 0.1) is 18.5 Å². The zero-order chi connectivity index (χ0) is 17.5. The van der Waals surface area contributed by atoms with Gasteiger partial charge in [0.2, 0.25) is 0 Å². The van der Waals surface area contributed by atoms with Crippen molar-refractivity contribution in [1.29, 1.82) is 0 Å². The van der Waals surface area contributed by atoms with Gasteiger partial charge in [0.1, 0.15) is 17.3 Å². The molecular formula is C18H24N4O2. The van der Waals surface area contributed by atoms with E-state index in [9.17, 15) is 4.79 Å². The topological polar surface area (TPSA) is 67.4 Å². The molecule has 0 aliphatic heterocycles. The summed E-state index contributed by atoms with van der Waals surface area (Å²) in [5, 5.41) is 2.80. The third-order valence-corrected chi connectivity index (χ3v) is 3.44. The highest BCUT2D eigenvalue weighted by atomic mass is 16.5. The van der Waals surface area contributed by atoms with Crippen molar-refractivity contribution in [3.05, 3.63) is 42.4 Å². The van der Waals surface area contributed by atoms with Gasteiger partial charge >= 0.3 is 0 Å². The standard InChI is InChI=1S/C18H24N4O2/c1-5-22(6-2)17-12-19-16(11-20-17)18(23)21-14-7-9-15(10-8-14)24-13(3)4/h7-13H,5-6H2,1-4H3,(H,21,23). The molecule has 0 atom stereocenters. The number of benzene rings is 1. The third kappa shape index (κ3) is 4.68. The average molecular weight is 328 g/mol. The second kappa shape index (κ2) is 8.29. The van der Waals surface area contributed by atoms with Gasteiger partial charge in [-0.05, 0) is 52.0 Å². The molecule has 1 aromatic heterocycles. The lowest BCUT2D eigenvalue weighted by molar-refractivity contribution is 0.102. The number of hydrogen-bond acceptors (Lipinski definition) is 5. The molecule has 0 saturated carbocycles. The second-order valence-corrected chi connectivity index (χ2v) is 5.58. The van der Waals surface area contributed by atoms with Crippen molar-refractivity contribution < 1.29 is 9.53 Å². The highest BCUT2D eigenvalue weighted by Gasteiger charge is 2.10. The van der Waals surface area contributed by atoms with E-state index in [2.05, 4.69) is 34.0 Å². The summed E-state index contributed by atoms with van der Waals surface area (Å²) in [5.41, 5.74) is 0.971. The Morgan fingerprint density at radius 1 is 1.12 bits per heavy atom. The Morgan fingerprint density at radius 2 is 1.79 bits per heavy atom. The molecule has 2 rings (SSSR count). The van der Waals surface area contributed by atoms with E-state index in [4.69, 9.17) is 4.74 Å². The largest absolute Gasteiger partial charge is 0.491 e. The minimum Gasteiger partial charge on any atom is -0.491 e. The number of nitrogens with one attached hydrogen (secondary N) is 1. The molecule has 6 heteroatoms. The minimum absolute atomic E-state index is 0.116. The molecule has 0 unspecified atom stereocenters. The van der Waals surface area contributed by atoms with Gasteiger partial charge < -0.3 is 15.0 Å². The fourth-order valence-electron chi connectivity index (χ4n) is 2.23. The molecule has 0 spiro atoms. The summed E-state index contributed by atoms with van der Waals surface area (Å²) in [6.07, 6.45) is 3.24. The summed E-state index contributed by atoms with van der Waals surface area (Å²) in [6, 6.07) is 7.25. The molecule has 2 aromatic rings. The molecule has 1 amide bonds. The van der Waals surface area contributed by atoms with Gasteiger partial charge in [0.25, 0.3) is 5.91 Å². The number of rotatable bonds is 7. The van der Waals surface area contributed by atoms with Gasteiger partial charge in [0, 0.05) is 18.8 Å². The van der Waals surface area contributed by atoms with Gasteiger partial charge in [-0.2, -0.15) is 0 Å². The van der Waals surface area contributed by atoms with Crippen LogP contribution in [0.5, 0.6) is 5.75 Å². The predicted octanol–water partition coefficient (Wildman–Crippen LogP) is 3.36. The number of amides is 1. The van der Waals surface area contributed by atoms with E-state index in [1.165, 1.54) is 6.20 Å². The van der Waals surface area contributed by atoms with Crippen molar-refractivity contribution in [1.82, 2.24) is 9.97 Å². The number of ether oxygens (including phenoxy) is 1. The highest BCUT2D eigenvalue weighted by Crippen LogP contribution is 2.17. The molecule has 1 heterocycles. The van der Waals surface area contributed by atoms with E-state index in [-0.39, 0.29) is 17.7 Å². The summed E-state index contributed by atoms with van der Waals surface area (Å²) in [6.45, 7) is 9.74. The van der Waals surface area contributed by atoms with Crippen molar-refractivity contribution in [3.63, 3.8) is 0 Å². The smallest absolute Gasteiger partial charge is 0.275 e. The van der Waals surface area contributed by atoms with E-state index in [0.29, 0.717) is 5.69 Å². The first-order valence-electron chi connectivity index (χ1n) is 8.18. The first-order valence-corrected chi connectivity index (χ1v) is 8.18. The van der Waals surface area contributed by atoms with Gasteiger partial charge in [-0.25, -0.2) is 9.97 Å². The highest BCUT2D eigenvalue weighted by molar-refractivity contribution is 6.02. The van der Waals surface area contributed by atoms with E-state index >= 15 is 0 Å². The Morgan fingerprint density at radius 3 is 2.29 bits per heavy atom. The molecule has 128 valence electrons. The van der Waals surface area contributed by atoms with Crippen LogP contribution in [0, 0.1) is 0 Å². The van der Waals surface area contributed by atoms with Crippen LogP contribution in [0.15, 0.2) is 36.7 Å². The zero-order valence-corrected chi connectivity index (χ0v) is 14.6. The van der Waals surface area contributed by atoms with Crippen LogP contribution in [0.2, 0.25) is 0 Å². The predicted molar refractivity (Wildman–Crippen MR) is 95.8 cm³/mol. The van der Waals surface area contributed by atoms with Crippen molar-refractivity contribution in [2.75, 3.05) is 23.3 Å². The summed E-state index contributed by atoms with van der Waals surface area (Å²) >= 11 is 0. The molecule has 0 bridgehead atoms. The van der Waals surface area contributed by atoms with Gasteiger partial charge in [0.15, 0.2) is 0 Å². The lowest BCUT2D eigenvalue weighted by Crippen LogP contribution is -2.23. The summed E-state index contributed by atoms with van der Waals surface area (Å²) in [4.78, 5) is 22.8. The Hall–Kier alpha value is -2.63. The lowest BCUT2D eigenvalue weighted by Gasteiger charge is -2.18. The normalized spacial score (nSPS) is 10.5. The minimum atomic E-state index is -0.286. The van der Waals surface area contributed by atoms with Crippen molar-refractivity contribution in [2.24, 2.45) is 0 Å². The molecule has 1 N–H and O–H groups in total. The maximum absolute atomic E-state index is 12.2. The molecule has 6 nitrogen and oxygen atoms in total. The maximum atomic E-state index is 12.2. The van der Waals surface area contributed by atoms with Crippen LogP contribution in [0.1, 0.15) is 38.2 Å².